The molecule has 0 saturated carbocycles. The fourth-order valence-electron chi connectivity index (χ4n) is 2.54. The molecule has 2 heterocycles. The molecule has 1 aliphatic heterocycles. The third-order valence-corrected chi connectivity index (χ3v) is 3.57. The summed E-state index contributed by atoms with van der Waals surface area (Å²) in [7, 11) is 1.74. The maximum absolute atomic E-state index is 11.2. The number of nitro groups is 1. The maximum atomic E-state index is 11.2. The number of aromatic nitrogens is 2. The van der Waals surface area contributed by atoms with Gasteiger partial charge in [-0.15, -0.1) is 0 Å². The predicted molar refractivity (Wildman–Crippen MR) is 73.3 cm³/mol. The molecule has 0 aliphatic carbocycles. The van der Waals surface area contributed by atoms with Crippen LogP contribution in [0.25, 0.3) is 0 Å². The Bertz CT molecular complexity index is 451. The molecule has 0 radical (unpaired) electrons. The van der Waals surface area contributed by atoms with E-state index in [-0.39, 0.29) is 10.6 Å². The van der Waals surface area contributed by atoms with Crippen LogP contribution in [-0.4, -0.2) is 34.3 Å². The summed E-state index contributed by atoms with van der Waals surface area (Å²) in [5.74, 6) is 1.04. The molecule has 0 amide bonds. The summed E-state index contributed by atoms with van der Waals surface area (Å²) in [5.41, 5.74) is 0.658. The molecule has 1 saturated heterocycles. The normalized spacial score (nSPS) is 19.4. The van der Waals surface area contributed by atoms with Gasteiger partial charge in [0.05, 0.1) is 4.92 Å². The van der Waals surface area contributed by atoms with Crippen molar-refractivity contribution in [3.05, 3.63) is 15.8 Å². The van der Waals surface area contributed by atoms with E-state index in [1.807, 2.05) is 6.92 Å². The summed E-state index contributed by atoms with van der Waals surface area (Å²) in [6.45, 7) is 4.67. The highest BCUT2D eigenvalue weighted by atomic mass is 16.6. The third-order valence-electron chi connectivity index (χ3n) is 3.57. The Morgan fingerprint density at radius 1 is 1.63 bits per heavy atom. The predicted octanol–water partition coefficient (Wildman–Crippen LogP) is 1.30. The van der Waals surface area contributed by atoms with Gasteiger partial charge in [-0.3, -0.25) is 10.1 Å². The second-order valence-electron chi connectivity index (χ2n) is 4.97. The molecule has 1 aliphatic rings. The van der Waals surface area contributed by atoms with Crippen LogP contribution in [0.4, 0.5) is 11.5 Å². The fraction of sp³-hybridized carbons (Fsp3) is 0.750. The van der Waals surface area contributed by atoms with Crippen LogP contribution in [-0.2, 0) is 13.5 Å². The maximum Gasteiger partial charge on any atom is 0.333 e. The summed E-state index contributed by atoms with van der Waals surface area (Å²) >= 11 is 0. The SMILES string of the molecule is CCc1nn(C)c(NCC2CCCNC2)c1[N+](=O)[O-]. The highest BCUT2D eigenvalue weighted by Crippen LogP contribution is 2.28. The topological polar surface area (TPSA) is 85.0 Å². The molecule has 1 aromatic rings. The lowest BCUT2D eigenvalue weighted by molar-refractivity contribution is -0.384. The van der Waals surface area contributed by atoms with E-state index >= 15 is 0 Å². The quantitative estimate of drug-likeness (QED) is 0.620. The number of nitrogens with one attached hydrogen (secondary N) is 2. The van der Waals surface area contributed by atoms with Crippen molar-refractivity contribution in [1.82, 2.24) is 15.1 Å². The Kier molecular flexibility index (Phi) is 4.36. The second kappa shape index (κ2) is 6.01. The monoisotopic (exact) mass is 267 g/mol. The molecule has 0 bridgehead atoms. The average Bonchev–Trinajstić information content (AvgIpc) is 2.74. The van der Waals surface area contributed by atoms with Crippen LogP contribution in [0.2, 0.25) is 0 Å². The lowest BCUT2D eigenvalue weighted by Crippen LogP contribution is -2.33. The molecule has 0 aromatic carbocycles. The van der Waals surface area contributed by atoms with Crippen molar-refractivity contribution in [2.75, 3.05) is 25.0 Å². The van der Waals surface area contributed by atoms with E-state index in [0.29, 0.717) is 23.9 Å². The summed E-state index contributed by atoms with van der Waals surface area (Å²) in [6.07, 6.45) is 2.89. The molecule has 106 valence electrons. The van der Waals surface area contributed by atoms with Crippen LogP contribution < -0.4 is 10.6 Å². The van der Waals surface area contributed by atoms with Crippen molar-refractivity contribution in [2.45, 2.75) is 26.2 Å². The van der Waals surface area contributed by atoms with Gasteiger partial charge in [-0.1, -0.05) is 6.92 Å². The zero-order valence-corrected chi connectivity index (χ0v) is 11.5. The molecular formula is C12H21N5O2. The summed E-state index contributed by atoms with van der Waals surface area (Å²) in [6, 6.07) is 0. The van der Waals surface area contributed by atoms with E-state index in [9.17, 15) is 10.1 Å². The number of aryl methyl sites for hydroxylation is 2. The molecule has 1 unspecified atom stereocenters. The lowest BCUT2D eigenvalue weighted by atomic mass is 10.00. The number of hydrogen-bond donors (Lipinski definition) is 2. The van der Waals surface area contributed by atoms with Gasteiger partial charge in [-0.25, -0.2) is 4.68 Å². The Hall–Kier alpha value is -1.63. The van der Waals surface area contributed by atoms with Gasteiger partial charge in [-0.2, -0.15) is 5.10 Å². The van der Waals surface area contributed by atoms with Gasteiger partial charge in [0.2, 0.25) is 5.82 Å². The third kappa shape index (κ3) is 3.04. The minimum Gasteiger partial charge on any atom is -0.364 e. The Labute approximate surface area is 112 Å². The number of rotatable bonds is 5. The van der Waals surface area contributed by atoms with Crippen molar-refractivity contribution in [1.29, 1.82) is 0 Å². The van der Waals surface area contributed by atoms with Gasteiger partial charge in [0.1, 0.15) is 5.69 Å². The largest absolute Gasteiger partial charge is 0.364 e. The van der Waals surface area contributed by atoms with Gasteiger partial charge in [0.15, 0.2) is 0 Å². The molecule has 2 rings (SSSR count). The zero-order valence-electron chi connectivity index (χ0n) is 11.5. The van der Waals surface area contributed by atoms with E-state index in [2.05, 4.69) is 15.7 Å². The first kappa shape index (κ1) is 13.8. The van der Waals surface area contributed by atoms with Crippen LogP contribution in [0.15, 0.2) is 0 Å². The molecule has 1 aromatic heterocycles. The van der Waals surface area contributed by atoms with Gasteiger partial charge in [-0.05, 0) is 38.3 Å². The minimum atomic E-state index is -0.340. The Morgan fingerprint density at radius 2 is 2.42 bits per heavy atom. The van der Waals surface area contributed by atoms with E-state index in [1.54, 1.807) is 11.7 Å². The summed E-state index contributed by atoms with van der Waals surface area (Å²) < 4.78 is 1.58. The molecule has 1 fully saturated rings. The first-order valence-electron chi connectivity index (χ1n) is 6.78. The first-order chi connectivity index (χ1) is 9.13. The van der Waals surface area contributed by atoms with E-state index in [4.69, 9.17) is 0 Å². The van der Waals surface area contributed by atoms with Crippen LogP contribution in [0.5, 0.6) is 0 Å². The van der Waals surface area contributed by atoms with Crippen molar-refractivity contribution >= 4 is 11.5 Å². The molecule has 7 heteroatoms. The van der Waals surface area contributed by atoms with Crippen molar-refractivity contribution in [3.63, 3.8) is 0 Å². The number of piperidine rings is 1. The van der Waals surface area contributed by atoms with Crippen LogP contribution in [0.3, 0.4) is 0 Å². The molecular weight excluding hydrogens is 246 g/mol. The summed E-state index contributed by atoms with van der Waals surface area (Å²) in [5, 5.41) is 21.9. The average molecular weight is 267 g/mol. The van der Waals surface area contributed by atoms with Gasteiger partial charge >= 0.3 is 5.69 Å². The number of anilines is 1. The summed E-state index contributed by atoms with van der Waals surface area (Å²) in [4.78, 5) is 10.8. The van der Waals surface area contributed by atoms with Crippen molar-refractivity contribution in [3.8, 4) is 0 Å². The fourth-order valence-corrected chi connectivity index (χ4v) is 2.54. The second-order valence-corrected chi connectivity index (χ2v) is 4.97. The van der Waals surface area contributed by atoms with E-state index in [0.717, 1.165) is 26.1 Å². The van der Waals surface area contributed by atoms with Gasteiger partial charge < -0.3 is 10.6 Å². The lowest BCUT2D eigenvalue weighted by Gasteiger charge is -2.23. The zero-order chi connectivity index (χ0) is 13.8. The molecule has 2 N–H and O–H groups in total. The van der Waals surface area contributed by atoms with Crippen LogP contribution in [0, 0.1) is 16.0 Å². The van der Waals surface area contributed by atoms with Gasteiger partial charge in [0.25, 0.3) is 0 Å². The minimum absolute atomic E-state index is 0.119. The van der Waals surface area contributed by atoms with Crippen molar-refractivity contribution < 1.29 is 4.92 Å². The Balaban J connectivity index is 2.10. The molecule has 1 atom stereocenters. The van der Waals surface area contributed by atoms with Crippen LogP contribution >= 0.6 is 0 Å². The van der Waals surface area contributed by atoms with E-state index < -0.39 is 0 Å². The molecule has 0 spiro atoms. The first-order valence-corrected chi connectivity index (χ1v) is 6.78. The number of hydrogen-bond acceptors (Lipinski definition) is 5. The van der Waals surface area contributed by atoms with E-state index in [1.165, 1.54) is 6.42 Å². The highest BCUT2D eigenvalue weighted by molar-refractivity contribution is 5.59. The highest BCUT2D eigenvalue weighted by Gasteiger charge is 2.26. The van der Waals surface area contributed by atoms with Crippen molar-refractivity contribution in [2.24, 2.45) is 13.0 Å². The standard InChI is InChI=1S/C12H21N5O2/c1-3-10-11(17(18)19)12(16(2)15-10)14-8-9-5-4-6-13-7-9/h9,13-14H,3-8H2,1-2H3. The smallest absolute Gasteiger partial charge is 0.333 e. The van der Waals surface area contributed by atoms with Crippen LogP contribution in [0.1, 0.15) is 25.5 Å². The number of nitrogens with zero attached hydrogens (tertiary/aromatic N) is 3. The molecule has 7 nitrogen and oxygen atoms in total. The van der Waals surface area contributed by atoms with Gasteiger partial charge in [0, 0.05) is 13.6 Å². The molecule has 19 heavy (non-hydrogen) atoms. The Morgan fingerprint density at radius 3 is 3.00 bits per heavy atom.